The quantitative estimate of drug-likeness (QED) is 0.856. The molecule has 2 aromatic rings. The molecule has 2 aromatic carbocycles. The Balaban J connectivity index is 1.93. The second kappa shape index (κ2) is 6.44. The van der Waals surface area contributed by atoms with Gasteiger partial charge in [-0.15, -0.1) is 0 Å². The highest BCUT2D eigenvalue weighted by atomic mass is 35.5. The first kappa shape index (κ1) is 14.4. The first-order chi connectivity index (χ1) is 9.54. The lowest BCUT2D eigenvalue weighted by Gasteiger charge is -2.15. The van der Waals surface area contributed by atoms with E-state index < -0.39 is 0 Å². The molecule has 0 saturated heterocycles. The van der Waals surface area contributed by atoms with Crippen LogP contribution in [-0.4, -0.2) is 6.03 Å². The Labute approximate surface area is 124 Å². The molecular weight excluding hydrogens is 272 g/mol. The summed E-state index contributed by atoms with van der Waals surface area (Å²) in [6, 6.07) is 14.8. The summed E-state index contributed by atoms with van der Waals surface area (Å²) in [4.78, 5) is 11.9. The molecule has 0 fully saturated rings. The predicted octanol–water partition coefficient (Wildman–Crippen LogP) is 4.53. The van der Waals surface area contributed by atoms with E-state index in [0.29, 0.717) is 10.7 Å². The number of hydrogen-bond acceptors (Lipinski definition) is 1. The van der Waals surface area contributed by atoms with Crippen molar-refractivity contribution in [3.8, 4) is 0 Å². The van der Waals surface area contributed by atoms with Crippen molar-refractivity contribution < 1.29 is 4.79 Å². The number of carbonyl (C=O) groups excluding carboxylic acids is 1. The van der Waals surface area contributed by atoms with Crippen LogP contribution >= 0.6 is 11.6 Å². The number of aryl methyl sites for hydroxylation is 1. The number of rotatable bonds is 3. The summed E-state index contributed by atoms with van der Waals surface area (Å²) in [5, 5.41) is 6.31. The van der Waals surface area contributed by atoms with E-state index in [-0.39, 0.29) is 12.1 Å². The van der Waals surface area contributed by atoms with Crippen LogP contribution in [0.15, 0.2) is 48.5 Å². The van der Waals surface area contributed by atoms with Gasteiger partial charge in [0, 0.05) is 10.7 Å². The van der Waals surface area contributed by atoms with Crippen molar-refractivity contribution in [2.45, 2.75) is 19.9 Å². The van der Waals surface area contributed by atoms with Gasteiger partial charge in [0.25, 0.3) is 0 Å². The highest BCUT2D eigenvalue weighted by Gasteiger charge is 2.09. The molecule has 2 amide bonds. The minimum absolute atomic E-state index is 0.0529. The Morgan fingerprint density at radius 3 is 2.25 bits per heavy atom. The van der Waals surface area contributed by atoms with Crippen LogP contribution < -0.4 is 10.6 Å². The summed E-state index contributed by atoms with van der Waals surface area (Å²) in [6.07, 6.45) is 0. The molecule has 1 atom stereocenters. The van der Waals surface area contributed by atoms with Gasteiger partial charge in [-0.25, -0.2) is 4.79 Å². The number of halogens is 1. The molecule has 0 aliphatic rings. The number of benzene rings is 2. The fourth-order valence-electron chi connectivity index (χ4n) is 1.84. The van der Waals surface area contributed by atoms with E-state index in [4.69, 9.17) is 11.6 Å². The maximum absolute atomic E-state index is 11.9. The molecule has 2 N–H and O–H groups in total. The van der Waals surface area contributed by atoms with Crippen molar-refractivity contribution in [3.63, 3.8) is 0 Å². The van der Waals surface area contributed by atoms with Gasteiger partial charge >= 0.3 is 6.03 Å². The standard InChI is InChI=1S/C16H17ClN2O/c1-11-3-5-13(6-4-11)12(2)18-16(20)19-15-9-7-14(17)8-10-15/h3-10,12H,1-2H3,(H2,18,19,20). The summed E-state index contributed by atoms with van der Waals surface area (Å²) in [5.41, 5.74) is 2.98. The number of amides is 2. The van der Waals surface area contributed by atoms with Crippen molar-refractivity contribution in [2.75, 3.05) is 5.32 Å². The molecule has 3 nitrogen and oxygen atoms in total. The topological polar surface area (TPSA) is 41.1 Å². The molecular formula is C16H17ClN2O. The third kappa shape index (κ3) is 4.00. The zero-order valence-electron chi connectivity index (χ0n) is 11.5. The summed E-state index contributed by atoms with van der Waals surface area (Å²) in [7, 11) is 0. The van der Waals surface area contributed by atoms with E-state index in [1.807, 2.05) is 38.1 Å². The zero-order valence-corrected chi connectivity index (χ0v) is 12.2. The normalized spacial score (nSPS) is 11.8. The molecule has 0 bridgehead atoms. The summed E-state index contributed by atoms with van der Waals surface area (Å²) >= 11 is 5.80. The highest BCUT2D eigenvalue weighted by molar-refractivity contribution is 6.30. The van der Waals surface area contributed by atoms with Crippen molar-refractivity contribution in [3.05, 3.63) is 64.7 Å². The second-order valence-electron chi connectivity index (χ2n) is 4.74. The molecule has 0 saturated carbocycles. The van der Waals surface area contributed by atoms with E-state index in [1.165, 1.54) is 5.56 Å². The van der Waals surface area contributed by atoms with Crippen LogP contribution in [0.4, 0.5) is 10.5 Å². The van der Waals surface area contributed by atoms with Crippen molar-refractivity contribution in [1.82, 2.24) is 5.32 Å². The third-order valence-electron chi connectivity index (χ3n) is 3.03. The average molecular weight is 289 g/mol. The molecule has 1 unspecified atom stereocenters. The molecule has 104 valence electrons. The molecule has 20 heavy (non-hydrogen) atoms. The van der Waals surface area contributed by atoms with Crippen LogP contribution in [0, 0.1) is 6.92 Å². The van der Waals surface area contributed by atoms with Gasteiger partial charge in [-0.1, -0.05) is 41.4 Å². The zero-order chi connectivity index (χ0) is 14.5. The maximum Gasteiger partial charge on any atom is 0.319 e. The van der Waals surface area contributed by atoms with Crippen LogP contribution in [-0.2, 0) is 0 Å². The largest absolute Gasteiger partial charge is 0.331 e. The second-order valence-corrected chi connectivity index (χ2v) is 5.17. The van der Waals surface area contributed by atoms with Crippen LogP contribution in [0.3, 0.4) is 0 Å². The van der Waals surface area contributed by atoms with E-state index >= 15 is 0 Å². The Morgan fingerprint density at radius 2 is 1.65 bits per heavy atom. The fraction of sp³-hybridized carbons (Fsp3) is 0.188. The highest BCUT2D eigenvalue weighted by Crippen LogP contribution is 2.15. The SMILES string of the molecule is Cc1ccc(C(C)NC(=O)Nc2ccc(Cl)cc2)cc1. The number of carbonyl (C=O) groups is 1. The first-order valence-electron chi connectivity index (χ1n) is 6.44. The summed E-state index contributed by atoms with van der Waals surface area (Å²) in [6.45, 7) is 3.99. The number of urea groups is 1. The average Bonchev–Trinajstić information content (AvgIpc) is 2.42. The molecule has 0 heterocycles. The van der Waals surface area contributed by atoms with Gasteiger partial charge in [-0.3, -0.25) is 0 Å². The summed E-state index contributed by atoms with van der Waals surface area (Å²) < 4.78 is 0. The van der Waals surface area contributed by atoms with E-state index in [1.54, 1.807) is 24.3 Å². The van der Waals surface area contributed by atoms with Gasteiger partial charge in [-0.05, 0) is 43.7 Å². The number of anilines is 1. The Hall–Kier alpha value is -2.00. The fourth-order valence-corrected chi connectivity index (χ4v) is 1.96. The lowest BCUT2D eigenvalue weighted by Crippen LogP contribution is -2.31. The van der Waals surface area contributed by atoms with Gasteiger partial charge < -0.3 is 10.6 Å². The van der Waals surface area contributed by atoms with Crippen molar-refractivity contribution in [1.29, 1.82) is 0 Å². The molecule has 0 aromatic heterocycles. The predicted molar refractivity (Wildman–Crippen MR) is 83.2 cm³/mol. The van der Waals surface area contributed by atoms with Gasteiger partial charge in [0.1, 0.15) is 0 Å². The third-order valence-corrected chi connectivity index (χ3v) is 3.28. The lowest BCUT2D eigenvalue weighted by molar-refractivity contribution is 0.249. The van der Waals surface area contributed by atoms with Gasteiger partial charge in [0.05, 0.1) is 6.04 Å². The maximum atomic E-state index is 11.9. The van der Waals surface area contributed by atoms with E-state index in [2.05, 4.69) is 10.6 Å². The molecule has 2 rings (SSSR count). The van der Waals surface area contributed by atoms with Crippen LogP contribution in [0.1, 0.15) is 24.1 Å². The molecule has 0 radical (unpaired) electrons. The van der Waals surface area contributed by atoms with Gasteiger partial charge in [-0.2, -0.15) is 0 Å². The smallest absolute Gasteiger partial charge is 0.319 e. The number of hydrogen-bond donors (Lipinski definition) is 2. The first-order valence-corrected chi connectivity index (χ1v) is 6.82. The summed E-state index contributed by atoms with van der Waals surface area (Å²) in [5.74, 6) is 0. The number of nitrogens with one attached hydrogen (secondary N) is 2. The van der Waals surface area contributed by atoms with Crippen molar-refractivity contribution >= 4 is 23.3 Å². The molecule has 0 spiro atoms. The monoisotopic (exact) mass is 288 g/mol. The van der Waals surface area contributed by atoms with Crippen LogP contribution in [0.5, 0.6) is 0 Å². The molecule has 0 aliphatic carbocycles. The van der Waals surface area contributed by atoms with E-state index in [0.717, 1.165) is 5.56 Å². The minimum Gasteiger partial charge on any atom is -0.331 e. The Morgan fingerprint density at radius 1 is 1.05 bits per heavy atom. The lowest BCUT2D eigenvalue weighted by atomic mass is 10.1. The molecule has 4 heteroatoms. The van der Waals surface area contributed by atoms with Crippen LogP contribution in [0.2, 0.25) is 5.02 Å². The minimum atomic E-state index is -0.236. The van der Waals surface area contributed by atoms with Crippen LogP contribution in [0.25, 0.3) is 0 Å². The molecule has 0 aliphatic heterocycles. The van der Waals surface area contributed by atoms with Gasteiger partial charge in [0.2, 0.25) is 0 Å². The van der Waals surface area contributed by atoms with E-state index in [9.17, 15) is 4.79 Å². The Kier molecular flexibility index (Phi) is 4.64. The van der Waals surface area contributed by atoms with Crippen molar-refractivity contribution in [2.24, 2.45) is 0 Å². The van der Waals surface area contributed by atoms with Gasteiger partial charge in [0.15, 0.2) is 0 Å². The Bertz CT molecular complexity index is 578.